The molecule has 15 nitrogen and oxygen atoms in total. The molecule has 0 aliphatic heterocycles. The number of aromatic hydroxyl groups is 2. The number of fused-ring (bicyclic) bond motifs is 1. The summed E-state index contributed by atoms with van der Waals surface area (Å²) in [6, 6.07) is 21.8. The predicted octanol–water partition coefficient (Wildman–Crippen LogP) is 1.58. The minimum absolute atomic E-state index is 0. The normalized spacial score (nSPS) is 12.0. The van der Waals surface area contributed by atoms with Crippen LogP contribution < -0.4 is 64.8 Å². The molecule has 0 bridgehead atoms. The van der Waals surface area contributed by atoms with Gasteiger partial charge in [0.1, 0.15) is 26.9 Å². The summed E-state index contributed by atoms with van der Waals surface area (Å²) in [5.41, 5.74) is 5.91. The fourth-order valence-corrected chi connectivity index (χ4v) is 5.36. The molecule has 0 aliphatic rings. The van der Waals surface area contributed by atoms with E-state index in [1.807, 2.05) is 0 Å². The second-order valence-corrected chi connectivity index (χ2v) is 12.0. The molecule has 5 aromatic rings. The number of nitrogens with two attached hydrogens (primary N) is 1. The van der Waals surface area contributed by atoms with Crippen molar-refractivity contribution in [2.24, 2.45) is 30.7 Å². The first kappa shape index (κ1) is 37.8. The predicted molar refractivity (Wildman–Crippen MR) is 163 cm³/mol. The number of benzene rings is 5. The van der Waals surface area contributed by atoms with E-state index in [1.165, 1.54) is 24.3 Å². The number of hydrogen-bond donors (Lipinski definition) is 5. The second-order valence-electron chi connectivity index (χ2n) is 9.23. The summed E-state index contributed by atoms with van der Waals surface area (Å²) in [7, 11) is -10.1. The molecule has 47 heavy (non-hydrogen) atoms. The summed E-state index contributed by atoms with van der Waals surface area (Å²) in [5.74, 6) is -0.779. The van der Waals surface area contributed by atoms with Crippen molar-refractivity contribution in [1.29, 1.82) is 0 Å². The zero-order valence-corrected chi connectivity index (χ0v) is 30.3. The van der Waals surface area contributed by atoms with Crippen LogP contribution in [0.25, 0.3) is 10.8 Å². The van der Waals surface area contributed by atoms with Crippen LogP contribution in [0.2, 0.25) is 0 Å². The Bertz CT molecular complexity index is 2240. The molecule has 19 heteroatoms. The van der Waals surface area contributed by atoms with Gasteiger partial charge >= 0.3 is 59.1 Å². The quantitative estimate of drug-likeness (QED) is 0.0684. The molecule has 0 aromatic heterocycles. The Balaban J connectivity index is 0.00000300. The number of hydrogen-bond acceptors (Lipinski definition) is 13. The maximum absolute atomic E-state index is 12.3. The third-order valence-electron chi connectivity index (χ3n) is 6.14. The number of nitrogens with zero attached hydrogens (tertiary/aromatic N) is 6. The van der Waals surface area contributed by atoms with Gasteiger partial charge in [0, 0.05) is 0 Å². The summed E-state index contributed by atoms with van der Waals surface area (Å²) in [5, 5.41) is 43.6. The van der Waals surface area contributed by atoms with Crippen LogP contribution in [0.1, 0.15) is 0 Å². The molecule has 0 aliphatic carbocycles. The minimum atomic E-state index is -5.03. The SMILES string of the molecule is Nc1c(N=Nc2ccc(N=Nc3ccc(O)cc3)cc2)c(S(=O)(=O)O)cc2cc(S(=O)(=O)O)c(N=Nc3ccccc3)c(O)c12.[Na+].[Na+]. The number of phenols is 2. The van der Waals surface area contributed by atoms with E-state index in [0.717, 1.165) is 12.1 Å². The van der Waals surface area contributed by atoms with Gasteiger partial charge < -0.3 is 15.9 Å². The molecule has 0 saturated carbocycles. The van der Waals surface area contributed by atoms with Crippen LogP contribution in [-0.4, -0.2) is 36.2 Å². The fraction of sp³-hybridized carbons (Fsp3) is 0. The summed E-state index contributed by atoms with van der Waals surface area (Å²) in [4.78, 5) is -1.75. The first-order chi connectivity index (χ1) is 21.3. The molecular weight excluding hydrogens is 672 g/mol. The molecule has 0 radical (unpaired) electrons. The van der Waals surface area contributed by atoms with Gasteiger partial charge in [0.25, 0.3) is 20.2 Å². The van der Waals surface area contributed by atoms with Crippen LogP contribution >= 0.6 is 0 Å². The van der Waals surface area contributed by atoms with Crippen LogP contribution in [0.3, 0.4) is 0 Å². The maximum atomic E-state index is 12.3. The third-order valence-corrected chi connectivity index (χ3v) is 7.87. The van der Waals surface area contributed by atoms with Gasteiger partial charge in [0.2, 0.25) is 0 Å². The van der Waals surface area contributed by atoms with Gasteiger partial charge in [-0.3, -0.25) is 9.11 Å². The van der Waals surface area contributed by atoms with E-state index < -0.39 is 52.8 Å². The van der Waals surface area contributed by atoms with Crippen LogP contribution in [0, 0.1) is 0 Å². The summed E-state index contributed by atoms with van der Waals surface area (Å²) >= 11 is 0. The van der Waals surface area contributed by atoms with Crippen LogP contribution in [0.4, 0.5) is 39.8 Å². The van der Waals surface area contributed by atoms with Crippen molar-refractivity contribution in [3.63, 3.8) is 0 Å². The summed E-state index contributed by atoms with van der Waals surface area (Å²) in [6.07, 6.45) is 0. The Kier molecular flexibility index (Phi) is 12.5. The molecule has 0 atom stereocenters. The zero-order chi connectivity index (χ0) is 32.4. The van der Waals surface area contributed by atoms with Crippen molar-refractivity contribution in [2.75, 3.05) is 5.73 Å². The number of nitrogen functional groups attached to an aromatic ring is 1. The molecule has 6 N–H and O–H groups in total. The average Bonchev–Trinajstić information content (AvgIpc) is 2.99. The molecule has 0 saturated heterocycles. The van der Waals surface area contributed by atoms with E-state index in [9.17, 15) is 36.2 Å². The van der Waals surface area contributed by atoms with Gasteiger partial charge in [-0.2, -0.15) is 37.3 Å². The van der Waals surface area contributed by atoms with E-state index >= 15 is 0 Å². The molecule has 0 amide bonds. The van der Waals surface area contributed by atoms with E-state index in [0.29, 0.717) is 11.4 Å². The maximum Gasteiger partial charge on any atom is 1.00 e. The van der Waals surface area contributed by atoms with Crippen molar-refractivity contribution in [1.82, 2.24) is 0 Å². The molecular formula is C28H21N7Na2O8S2+2. The monoisotopic (exact) mass is 693 g/mol. The van der Waals surface area contributed by atoms with Gasteiger partial charge in [0.05, 0.1) is 33.8 Å². The number of rotatable bonds is 8. The van der Waals surface area contributed by atoms with Crippen molar-refractivity contribution in [3.8, 4) is 11.5 Å². The molecule has 5 aromatic carbocycles. The molecule has 0 unspecified atom stereocenters. The largest absolute Gasteiger partial charge is 1.00 e. The van der Waals surface area contributed by atoms with Crippen molar-refractivity contribution < 1.29 is 95.3 Å². The van der Waals surface area contributed by atoms with E-state index in [1.54, 1.807) is 54.6 Å². The minimum Gasteiger partial charge on any atom is -0.508 e. The van der Waals surface area contributed by atoms with Gasteiger partial charge in [-0.05, 0) is 78.2 Å². The Labute approximate surface area is 312 Å². The molecule has 228 valence electrons. The average molecular weight is 694 g/mol. The van der Waals surface area contributed by atoms with Gasteiger partial charge in [0.15, 0.2) is 5.75 Å². The zero-order valence-electron chi connectivity index (χ0n) is 24.7. The number of anilines is 1. The second kappa shape index (κ2) is 15.5. The van der Waals surface area contributed by atoms with Gasteiger partial charge in [-0.25, -0.2) is 0 Å². The summed E-state index contributed by atoms with van der Waals surface area (Å²) < 4.78 is 68.8. The molecule has 0 heterocycles. The molecule has 5 rings (SSSR count). The Morgan fingerprint density at radius 1 is 0.532 bits per heavy atom. The fourth-order valence-electron chi connectivity index (χ4n) is 4.04. The van der Waals surface area contributed by atoms with Crippen molar-refractivity contribution in [3.05, 3.63) is 91.0 Å². The van der Waals surface area contributed by atoms with Crippen LogP contribution in [-0.2, 0) is 20.2 Å². The van der Waals surface area contributed by atoms with E-state index in [-0.39, 0.29) is 87.0 Å². The standard InChI is InChI=1S/C28H21N7O8S2.2Na/c29-25-24-16(15-23(45(41,42)43)27(28(24)37)35-32-17-4-2-1-3-5-17)14-22(44(38,39)40)26(25)34-33-19-8-6-18(7-9-19)30-31-20-10-12-21(36)13-11-20;;/h1-15,36-37H,29H2,(H,38,39,40)(H,41,42,43);;/q;2*+1. The Hall–Kier alpha value is -3.62. The number of azo groups is 3. The van der Waals surface area contributed by atoms with Gasteiger partial charge in [-0.15, -0.1) is 10.2 Å². The molecule has 0 spiro atoms. The number of phenolic OH excluding ortho intramolecular Hbond substituents is 2. The summed E-state index contributed by atoms with van der Waals surface area (Å²) in [6.45, 7) is 0. The smallest absolute Gasteiger partial charge is 0.508 e. The van der Waals surface area contributed by atoms with Crippen LogP contribution in [0.15, 0.2) is 131 Å². The molecule has 0 fully saturated rings. The van der Waals surface area contributed by atoms with Gasteiger partial charge in [-0.1, -0.05) is 18.2 Å². The Morgan fingerprint density at radius 3 is 1.38 bits per heavy atom. The van der Waals surface area contributed by atoms with Crippen molar-refractivity contribution in [2.45, 2.75) is 9.79 Å². The van der Waals surface area contributed by atoms with Crippen LogP contribution in [0.5, 0.6) is 11.5 Å². The Morgan fingerprint density at radius 2 is 0.915 bits per heavy atom. The topological polar surface area (TPSA) is 249 Å². The van der Waals surface area contributed by atoms with Crippen molar-refractivity contribution >= 4 is 70.8 Å². The first-order valence-electron chi connectivity index (χ1n) is 12.6. The van der Waals surface area contributed by atoms with E-state index in [4.69, 9.17) is 5.73 Å². The first-order valence-corrected chi connectivity index (χ1v) is 15.5. The van der Waals surface area contributed by atoms with E-state index in [2.05, 4.69) is 30.7 Å². The third kappa shape index (κ3) is 9.05.